The largest absolute Gasteiger partial charge is 0.508 e. The number of piperidine rings is 1. The molecule has 1 unspecified atom stereocenters. The molecule has 6 heteroatoms. The Morgan fingerprint density at radius 1 is 1.14 bits per heavy atom. The summed E-state index contributed by atoms with van der Waals surface area (Å²) in [5, 5.41) is 14.1. The van der Waals surface area contributed by atoms with Crippen molar-refractivity contribution >= 4 is 28.1 Å². The Labute approximate surface area is 217 Å². The minimum atomic E-state index is -0.171. The van der Waals surface area contributed by atoms with E-state index in [0.29, 0.717) is 22.1 Å². The third kappa shape index (κ3) is 4.84. The molecule has 2 N–H and O–H groups in total. The number of aliphatic hydroxyl groups is 1. The lowest BCUT2D eigenvalue weighted by Gasteiger charge is -2.33. The Morgan fingerprint density at radius 3 is 2.54 bits per heavy atom. The van der Waals surface area contributed by atoms with Gasteiger partial charge in [-0.15, -0.1) is 0 Å². The van der Waals surface area contributed by atoms with Crippen LogP contribution < -0.4 is 15.6 Å². The predicted octanol–water partition coefficient (Wildman–Crippen LogP) is 6.89. The maximum absolute atomic E-state index is 13.6. The van der Waals surface area contributed by atoms with Crippen molar-refractivity contribution < 1.29 is 9.52 Å². The molecular formula is C31H33N3O3. The Hall–Kier alpha value is -4.06. The monoisotopic (exact) mass is 495 g/mol. The number of hydrogen-bond acceptors (Lipinski definition) is 6. The van der Waals surface area contributed by atoms with E-state index in [9.17, 15) is 9.90 Å². The van der Waals surface area contributed by atoms with Crippen molar-refractivity contribution in [1.29, 1.82) is 0 Å². The lowest BCUT2D eigenvalue weighted by molar-refractivity contribution is 0.410. The minimum absolute atomic E-state index is 0.00644. The number of hydrogen-bond donors (Lipinski definition) is 2. The van der Waals surface area contributed by atoms with Gasteiger partial charge in [-0.05, 0) is 69.5 Å². The molecule has 2 aromatic heterocycles. The van der Waals surface area contributed by atoms with Crippen LogP contribution in [0.3, 0.4) is 0 Å². The highest BCUT2D eigenvalue weighted by atomic mass is 16.3. The van der Waals surface area contributed by atoms with E-state index >= 15 is 0 Å². The normalized spacial score (nSPS) is 15.1. The predicted molar refractivity (Wildman–Crippen MR) is 151 cm³/mol. The van der Waals surface area contributed by atoms with Crippen LogP contribution in [0, 0.1) is 13.8 Å². The van der Waals surface area contributed by atoms with Crippen molar-refractivity contribution in [3.05, 3.63) is 106 Å². The fourth-order valence-electron chi connectivity index (χ4n) is 5.42. The summed E-state index contributed by atoms with van der Waals surface area (Å²) >= 11 is 0. The molecule has 5 rings (SSSR count). The number of aliphatic hydroxyl groups excluding tert-OH is 1. The molecule has 1 aliphatic heterocycles. The van der Waals surface area contributed by atoms with Crippen LogP contribution >= 0.6 is 0 Å². The third-order valence-corrected chi connectivity index (χ3v) is 7.40. The fraction of sp³-hybridized carbons (Fsp3) is 0.290. The summed E-state index contributed by atoms with van der Waals surface area (Å²) in [4.78, 5) is 20.0. The Balaban J connectivity index is 1.50. The molecule has 37 heavy (non-hydrogen) atoms. The number of fused-ring (bicyclic) bond motifs is 1. The van der Waals surface area contributed by atoms with Crippen molar-refractivity contribution in [3.63, 3.8) is 0 Å². The van der Waals surface area contributed by atoms with Crippen molar-refractivity contribution in [2.45, 2.75) is 45.6 Å². The summed E-state index contributed by atoms with van der Waals surface area (Å²) in [5.41, 5.74) is 5.88. The van der Waals surface area contributed by atoms with Gasteiger partial charge in [0.15, 0.2) is 5.43 Å². The first-order valence-electron chi connectivity index (χ1n) is 12.8. The second-order valence-electron chi connectivity index (χ2n) is 9.98. The van der Waals surface area contributed by atoms with Gasteiger partial charge in [0.25, 0.3) is 0 Å². The number of aromatic nitrogens is 1. The van der Waals surface area contributed by atoms with E-state index in [1.54, 1.807) is 0 Å². The quantitative estimate of drug-likeness (QED) is 0.284. The summed E-state index contributed by atoms with van der Waals surface area (Å²) < 4.78 is 6.64. The minimum Gasteiger partial charge on any atom is -0.508 e. The summed E-state index contributed by atoms with van der Waals surface area (Å²) in [6.07, 6.45) is 5.47. The van der Waals surface area contributed by atoms with Crippen LogP contribution in [0.4, 0.5) is 11.4 Å². The van der Waals surface area contributed by atoms with Crippen LogP contribution in [-0.4, -0.2) is 23.2 Å². The molecule has 0 saturated carbocycles. The fourth-order valence-corrected chi connectivity index (χ4v) is 5.42. The molecule has 1 fully saturated rings. The zero-order valence-corrected chi connectivity index (χ0v) is 21.6. The second kappa shape index (κ2) is 10.1. The van der Waals surface area contributed by atoms with Gasteiger partial charge < -0.3 is 19.7 Å². The van der Waals surface area contributed by atoms with Gasteiger partial charge in [0.2, 0.25) is 0 Å². The number of nitrogens with zero attached hydrogens (tertiary/aromatic N) is 2. The Kier molecular flexibility index (Phi) is 6.74. The first kappa shape index (κ1) is 24.6. The number of aryl methyl sites for hydroxylation is 1. The van der Waals surface area contributed by atoms with Crippen LogP contribution in [-0.2, 0) is 0 Å². The van der Waals surface area contributed by atoms with Crippen LogP contribution in [0.2, 0.25) is 0 Å². The number of benzene rings is 2. The average Bonchev–Trinajstić information content (AvgIpc) is 2.91. The van der Waals surface area contributed by atoms with Gasteiger partial charge in [-0.25, -0.2) is 0 Å². The van der Waals surface area contributed by atoms with Gasteiger partial charge in [0.1, 0.15) is 17.1 Å². The van der Waals surface area contributed by atoms with E-state index in [4.69, 9.17) is 4.42 Å². The lowest BCUT2D eigenvalue weighted by Crippen LogP contribution is -2.33. The first-order valence-corrected chi connectivity index (χ1v) is 12.8. The molecule has 4 aromatic rings. The SMILES string of the molecule is C=C(O)c1ccccc1NC(C)c1cc(C)cc2c(=O)c(C)c(C3CCN(c4ccncc4)CC3)oc12. The molecule has 1 atom stereocenters. The Morgan fingerprint density at radius 2 is 1.84 bits per heavy atom. The number of para-hydroxylation sites is 1. The summed E-state index contributed by atoms with van der Waals surface area (Å²) in [7, 11) is 0. The molecule has 0 aliphatic carbocycles. The molecule has 0 amide bonds. The van der Waals surface area contributed by atoms with Crippen molar-refractivity contribution in [1.82, 2.24) is 4.98 Å². The third-order valence-electron chi connectivity index (χ3n) is 7.40. The Bertz CT molecular complexity index is 1500. The second-order valence-corrected chi connectivity index (χ2v) is 9.98. The molecule has 1 aliphatic rings. The average molecular weight is 496 g/mol. The molecule has 2 aromatic carbocycles. The van der Waals surface area contributed by atoms with Crippen LogP contribution in [0.1, 0.15) is 59.7 Å². The molecule has 0 bridgehead atoms. The van der Waals surface area contributed by atoms with Crippen LogP contribution in [0.15, 0.2) is 76.7 Å². The molecule has 3 heterocycles. The van der Waals surface area contributed by atoms with Crippen LogP contribution in [0.25, 0.3) is 16.7 Å². The number of pyridine rings is 1. The highest BCUT2D eigenvalue weighted by molar-refractivity contribution is 5.83. The smallest absolute Gasteiger partial charge is 0.195 e. The van der Waals surface area contributed by atoms with E-state index in [1.807, 2.05) is 75.6 Å². The molecule has 0 radical (unpaired) electrons. The standard InChI is InChI=1S/C31H33N3O3/c1-19-17-26(21(3)33-28-8-6-5-7-25(28)22(4)35)31-27(18-19)29(36)20(2)30(37-31)23-11-15-34(16-12-23)24-9-13-32-14-10-24/h5-10,13-14,17-18,21,23,33,35H,4,11-12,15-16H2,1-3H3. The maximum Gasteiger partial charge on any atom is 0.195 e. The molecule has 190 valence electrons. The topological polar surface area (TPSA) is 78.6 Å². The number of nitrogens with one attached hydrogen (secondary N) is 1. The lowest BCUT2D eigenvalue weighted by atomic mass is 9.90. The van der Waals surface area contributed by atoms with E-state index in [1.165, 1.54) is 5.69 Å². The van der Waals surface area contributed by atoms with Crippen molar-refractivity contribution in [2.75, 3.05) is 23.3 Å². The van der Waals surface area contributed by atoms with E-state index in [-0.39, 0.29) is 23.1 Å². The highest BCUT2D eigenvalue weighted by Crippen LogP contribution is 2.36. The summed E-state index contributed by atoms with van der Waals surface area (Å²) in [5.74, 6) is 0.992. The van der Waals surface area contributed by atoms with E-state index in [0.717, 1.165) is 48.5 Å². The van der Waals surface area contributed by atoms with Gasteiger partial charge in [-0.2, -0.15) is 0 Å². The molecule has 1 saturated heterocycles. The van der Waals surface area contributed by atoms with Gasteiger partial charge in [0, 0.05) is 59.5 Å². The highest BCUT2D eigenvalue weighted by Gasteiger charge is 2.27. The van der Waals surface area contributed by atoms with Gasteiger partial charge in [0.05, 0.1) is 11.4 Å². The first-order chi connectivity index (χ1) is 17.8. The maximum atomic E-state index is 13.6. The number of anilines is 2. The molecular weight excluding hydrogens is 462 g/mol. The van der Waals surface area contributed by atoms with Gasteiger partial charge in [-0.1, -0.05) is 24.8 Å². The molecule has 0 spiro atoms. The van der Waals surface area contributed by atoms with E-state index in [2.05, 4.69) is 27.8 Å². The zero-order valence-electron chi connectivity index (χ0n) is 21.6. The van der Waals surface area contributed by atoms with Crippen molar-refractivity contribution in [2.24, 2.45) is 0 Å². The van der Waals surface area contributed by atoms with Gasteiger partial charge in [-0.3, -0.25) is 9.78 Å². The van der Waals surface area contributed by atoms with Crippen molar-refractivity contribution in [3.8, 4) is 0 Å². The summed E-state index contributed by atoms with van der Waals surface area (Å²) in [6, 6.07) is 15.4. The zero-order chi connectivity index (χ0) is 26.1. The molecule has 6 nitrogen and oxygen atoms in total. The summed E-state index contributed by atoms with van der Waals surface area (Å²) in [6.45, 7) is 11.4. The van der Waals surface area contributed by atoms with Crippen LogP contribution in [0.5, 0.6) is 0 Å². The van der Waals surface area contributed by atoms with Gasteiger partial charge >= 0.3 is 0 Å². The van der Waals surface area contributed by atoms with E-state index < -0.39 is 0 Å². The number of rotatable bonds is 6.